The van der Waals surface area contributed by atoms with Crippen molar-refractivity contribution in [2.24, 2.45) is 0 Å². The summed E-state index contributed by atoms with van der Waals surface area (Å²) < 4.78 is 0. The lowest BCUT2D eigenvalue weighted by Gasteiger charge is -2.05. The minimum absolute atomic E-state index is 0.0574. The van der Waals surface area contributed by atoms with E-state index in [2.05, 4.69) is 20.5 Å². The number of aryl methyl sites for hydroxylation is 2. The summed E-state index contributed by atoms with van der Waals surface area (Å²) in [6, 6.07) is 3.02. The second-order valence-corrected chi connectivity index (χ2v) is 4.25. The van der Waals surface area contributed by atoms with Gasteiger partial charge in [0.2, 0.25) is 0 Å². The highest BCUT2D eigenvalue weighted by Crippen LogP contribution is 2.12. The van der Waals surface area contributed by atoms with E-state index in [1.165, 1.54) is 12.3 Å². The van der Waals surface area contributed by atoms with Crippen molar-refractivity contribution < 1.29 is 9.90 Å². The van der Waals surface area contributed by atoms with Gasteiger partial charge in [0.15, 0.2) is 5.69 Å². The zero-order chi connectivity index (χ0) is 13.7. The number of nitrogens with one attached hydrogen (secondary N) is 2. The smallest absolute Gasteiger partial charge is 0.273 e. The Morgan fingerprint density at radius 2 is 2.37 bits per heavy atom. The van der Waals surface area contributed by atoms with Gasteiger partial charge in [-0.05, 0) is 37.5 Å². The SMILES string of the molecule is Cc1[nH]ncc1CCCNC(=O)c1ncccc1O. The molecule has 2 heterocycles. The molecule has 0 aliphatic heterocycles. The van der Waals surface area contributed by atoms with E-state index in [1.807, 2.05) is 6.92 Å². The van der Waals surface area contributed by atoms with Gasteiger partial charge in [-0.2, -0.15) is 5.10 Å². The quantitative estimate of drug-likeness (QED) is 0.704. The van der Waals surface area contributed by atoms with Crippen LogP contribution in [-0.2, 0) is 6.42 Å². The van der Waals surface area contributed by atoms with E-state index >= 15 is 0 Å². The number of carbonyl (C=O) groups excluding carboxylic acids is 1. The number of aromatic amines is 1. The average molecular weight is 260 g/mol. The highest BCUT2D eigenvalue weighted by Gasteiger charge is 2.11. The standard InChI is InChI=1S/C13H16N4O2/c1-9-10(8-16-17-9)4-2-7-15-13(19)12-11(18)5-3-6-14-12/h3,5-6,8,18H,2,4,7H2,1H3,(H,15,19)(H,16,17). The number of aromatic nitrogens is 3. The van der Waals surface area contributed by atoms with Crippen LogP contribution < -0.4 is 5.32 Å². The number of amides is 1. The molecule has 0 bridgehead atoms. The molecule has 0 saturated heterocycles. The fourth-order valence-electron chi connectivity index (χ4n) is 1.76. The van der Waals surface area contributed by atoms with Crippen LogP contribution in [0.25, 0.3) is 0 Å². The number of hydrogen-bond acceptors (Lipinski definition) is 4. The van der Waals surface area contributed by atoms with Crippen molar-refractivity contribution in [3.05, 3.63) is 41.5 Å². The molecule has 6 nitrogen and oxygen atoms in total. The number of pyridine rings is 1. The molecule has 19 heavy (non-hydrogen) atoms. The number of hydrogen-bond donors (Lipinski definition) is 3. The summed E-state index contributed by atoms with van der Waals surface area (Å²) in [6.07, 6.45) is 4.92. The number of H-pyrrole nitrogens is 1. The molecule has 0 radical (unpaired) electrons. The van der Waals surface area contributed by atoms with E-state index in [0.717, 1.165) is 24.1 Å². The molecule has 1 amide bonds. The van der Waals surface area contributed by atoms with E-state index < -0.39 is 0 Å². The van der Waals surface area contributed by atoms with Crippen molar-refractivity contribution in [2.45, 2.75) is 19.8 Å². The summed E-state index contributed by atoms with van der Waals surface area (Å²) in [5, 5.41) is 19.0. The van der Waals surface area contributed by atoms with Crippen molar-refractivity contribution in [1.29, 1.82) is 0 Å². The van der Waals surface area contributed by atoms with Crippen molar-refractivity contribution >= 4 is 5.91 Å². The summed E-state index contributed by atoms with van der Waals surface area (Å²) in [7, 11) is 0. The van der Waals surface area contributed by atoms with Gasteiger partial charge in [-0.15, -0.1) is 0 Å². The first-order valence-electron chi connectivity index (χ1n) is 6.09. The van der Waals surface area contributed by atoms with Crippen LogP contribution in [0.1, 0.15) is 28.2 Å². The Kier molecular flexibility index (Phi) is 4.12. The molecule has 100 valence electrons. The van der Waals surface area contributed by atoms with Crippen LogP contribution in [0.2, 0.25) is 0 Å². The zero-order valence-corrected chi connectivity index (χ0v) is 10.7. The van der Waals surface area contributed by atoms with Gasteiger partial charge in [0, 0.05) is 18.4 Å². The first-order valence-corrected chi connectivity index (χ1v) is 6.09. The molecule has 0 aliphatic rings. The topological polar surface area (TPSA) is 90.9 Å². The van der Waals surface area contributed by atoms with Crippen LogP contribution >= 0.6 is 0 Å². The van der Waals surface area contributed by atoms with E-state index in [0.29, 0.717) is 6.54 Å². The van der Waals surface area contributed by atoms with Gasteiger partial charge in [-0.3, -0.25) is 9.89 Å². The zero-order valence-electron chi connectivity index (χ0n) is 10.7. The largest absolute Gasteiger partial charge is 0.505 e. The maximum absolute atomic E-state index is 11.7. The van der Waals surface area contributed by atoms with E-state index in [4.69, 9.17) is 0 Å². The molecule has 0 aromatic carbocycles. The molecule has 0 aliphatic carbocycles. The van der Waals surface area contributed by atoms with Crippen molar-refractivity contribution in [3.63, 3.8) is 0 Å². The highest BCUT2D eigenvalue weighted by atomic mass is 16.3. The fourth-order valence-corrected chi connectivity index (χ4v) is 1.76. The molecule has 0 saturated carbocycles. The van der Waals surface area contributed by atoms with Gasteiger partial charge < -0.3 is 10.4 Å². The third-order valence-electron chi connectivity index (χ3n) is 2.84. The van der Waals surface area contributed by atoms with Gasteiger partial charge in [-0.25, -0.2) is 4.98 Å². The highest BCUT2D eigenvalue weighted by molar-refractivity contribution is 5.94. The molecule has 0 spiro atoms. The first-order chi connectivity index (χ1) is 9.18. The number of rotatable bonds is 5. The fraction of sp³-hybridized carbons (Fsp3) is 0.308. The lowest BCUT2D eigenvalue weighted by molar-refractivity contribution is 0.0945. The molecular weight excluding hydrogens is 244 g/mol. The summed E-state index contributed by atoms with van der Waals surface area (Å²) >= 11 is 0. The van der Waals surface area contributed by atoms with Gasteiger partial charge in [0.05, 0.1) is 6.20 Å². The maximum atomic E-state index is 11.7. The number of aromatic hydroxyl groups is 1. The van der Waals surface area contributed by atoms with Crippen LogP contribution in [0, 0.1) is 6.92 Å². The summed E-state index contributed by atoms with van der Waals surface area (Å²) in [5.74, 6) is -0.465. The Balaban J connectivity index is 1.79. The lowest BCUT2D eigenvalue weighted by atomic mass is 10.1. The number of carbonyl (C=O) groups is 1. The van der Waals surface area contributed by atoms with Crippen molar-refractivity contribution in [2.75, 3.05) is 6.54 Å². The third-order valence-corrected chi connectivity index (χ3v) is 2.84. The van der Waals surface area contributed by atoms with E-state index in [-0.39, 0.29) is 17.4 Å². The van der Waals surface area contributed by atoms with Crippen molar-refractivity contribution in [1.82, 2.24) is 20.5 Å². The predicted octanol–water partition coefficient (Wildman–Crippen LogP) is 1.18. The van der Waals surface area contributed by atoms with E-state index in [9.17, 15) is 9.90 Å². The Morgan fingerprint density at radius 1 is 1.53 bits per heavy atom. The molecule has 2 aromatic heterocycles. The Hall–Kier alpha value is -2.37. The predicted molar refractivity (Wildman–Crippen MR) is 69.9 cm³/mol. The Labute approximate surface area is 110 Å². The van der Waals surface area contributed by atoms with Crippen molar-refractivity contribution in [3.8, 4) is 5.75 Å². The first kappa shape index (κ1) is 13.1. The molecule has 6 heteroatoms. The average Bonchev–Trinajstić information content (AvgIpc) is 2.80. The molecule has 2 aromatic rings. The summed E-state index contributed by atoms with van der Waals surface area (Å²) in [5.41, 5.74) is 2.26. The van der Waals surface area contributed by atoms with Crippen LogP contribution in [-0.4, -0.2) is 32.7 Å². The lowest BCUT2D eigenvalue weighted by Crippen LogP contribution is -2.25. The normalized spacial score (nSPS) is 10.4. The monoisotopic (exact) mass is 260 g/mol. The minimum Gasteiger partial charge on any atom is -0.505 e. The molecule has 0 fully saturated rings. The van der Waals surface area contributed by atoms with Crippen LogP contribution in [0.5, 0.6) is 5.75 Å². The van der Waals surface area contributed by atoms with Gasteiger partial charge in [0.25, 0.3) is 5.91 Å². The Morgan fingerprint density at radius 3 is 3.05 bits per heavy atom. The van der Waals surface area contributed by atoms with Crippen LogP contribution in [0.3, 0.4) is 0 Å². The van der Waals surface area contributed by atoms with Gasteiger partial charge >= 0.3 is 0 Å². The molecule has 0 unspecified atom stereocenters. The Bertz CT molecular complexity index is 565. The minimum atomic E-state index is -0.359. The molecule has 3 N–H and O–H groups in total. The van der Waals surface area contributed by atoms with Crippen LogP contribution in [0.15, 0.2) is 24.5 Å². The second kappa shape index (κ2) is 5.99. The summed E-state index contributed by atoms with van der Waals surface area (Å²) in [6.45, 7) is 2.49. The van der Waals surface area contributed by atoms with Crippen LogP contribution in [0.4, 0.5) is 0 Å². The molecule has 2 rings (SSSR count). The third kappa shape index (κ3) is 3.31. The second-order valence-electron chi connectivity index (χ2n) is 4.25. The number of nitrogens with zero attached hydrogens (tertiary/aromatic N) is 2. The van der Waals surface area contributed by atoms with E-state index in [1.54, 1.807) is 12.3 Å². The molecular formula is C13H16N4O2. The maximum Gasteiger partial charge on any atom is 0.273 e. The molecule has 0 atom stereocenters. The van der Waals surface area contributed by atoms with Gasteiger partial charge in [-0.1, -0.05) is 0 Å². The van der Waals surface area contributed by atoms with Gasteiger partial charge in [0.1, 0.15) is 5.75 Å². The summed E-state index contributed by atoms with van der Waals surface area (Å²) in [4.78, 5) is 15.6.